The van der Waals surface area contributed by atoms with E-state index < -0.39 is 0 Å². The molecule has 34 heavy (non-hydrogen) atoms. The summed E-state index contributed by atoms with van der Waals surface area (Å²) in [6, 6.07) is 17.6. The fourth-order valence-corrected chi connectivity index (χ4v) is 5.32. The highest BCUT2D eigenvalue weighted by atomic mass is 35.5. The number of nitrogens with one attached hydrogen (secondary N) is 1. The number of halogens is 1. The smallest absolute Gasteiger partial charge is 0.174 e. The minimum Gasteiger partial charge on any atom is -0.495 e. The van der Waals surface area contributed by atoms with Crippen LogP contribution in [-0.4, -0.2) is 26.8 Å². The molecule has 4 aromatic rings. The molecule has 0 amide bonds. The van der Waals surface area contributed by atoms with E-state index in [4.69, 9.17) is 28.6 Å². The maximum absolute atomic E-state index is 6.50. The van der Waals surface area contributed by atoms with Gasteiger partial charge >= 0.3 is 0 Å². The number of aromatic nitrogens is 3. The molecular formula is C26H24ClN5OS. The summed E-state index contributed by atoms with van der Waals surface area (Å²) in [6.45, 7) is 4.24. The van der Waals surface area contributed by atoms with Crippen molar-refractivity contribution in [3.63, 3.8) is 0 Å². The normalized spacial score (nSPS) is 17.6. The maximum atomic E-state index is 6.50. The van der Waals surface area contributed by atoms with E-state index >= 15 is 0 Å². The van der Waals surface area contributed by atoms with E-state index in [-0.39, 0.29) is 12.1 Å². The summed E-state index contributed by atoms with van der Waals surface area (Å²) in [5, 5.41) is 4.66. The average Bonchev–Trinajstić information content (AvgIpc) is 3.35. The van der Waals surface area contributed by atoms with Crippen LogP contribution in [0, 0.1) is 13.8 Å². The number of rotatable bonds is 5. The molecule has 6 nitrogen and oxygen atoms in total. The summed E-state index contributed by atoms with van der Waals surface area (Å²) < 4.78 is 7.58. The number of thiocarbonyl (C=S) groups is 1. The molecule has 4 heterocycles. The fraction of sp³-hybridized carbons (Fsp3) is 0.192. The molecule has 0 radical (unpaired) electrons. The van der Waals surface area contributed by atoms with Gasteiger partial charge in [0, 0.05) is 29.5 Å². The van der Waals surface area contributed by atoms with Crippen LogP contribution < -0.4 is 15.0 Å². The number of hydrogen-bond acceptors (Lipinski definition) is 4. The first-order chi connectivity index (χ1) is 16.5. The third-order valence-electron chi connectivity index (χ3n) is 6.20. The topological polar surface area (TPSA) is 55.2 Å². The van der Waals surface area contributed by atoms with Gasteiger partial charge in [-0.15, -0.1) is 0 Å². The summed E-state index contributed by atoms with van der Waals surface area (Å²) in [7, 11) is 1.61. The van der Waals surface area contributed by atoms with Crippen molar-refractivity contribution in [2.24, 2.45) is 0 Å². The molecule has 0 saturated carbocycles. The molecule has 1 N–H and O–H groups in total. The molecule has 5 rings (SSSR count). The lowest BCUT2D eigenvalue weighted by molar-refractivity contribution is 0.415. The molecular weight excluding hydrogens is 466 g/mol. The highest BCUT2D eigenvalue weighted by Crippen LogP contribution is 2.44. The van der Waals surface area contributed by atoms with Gasteiger partial charge in [0.1, 0.15) is 5.75 Å². The van der Waals surface area contributed by atoms with Crippen molar-refractivity contribution in [1.29, 1.82) is 0 Å². The lowest BCUT2D eigenvalue weighted by Gasteiger charge is -2.28. The van der Waals surface area contributed by atoms with Crippen molar-refractivity contribution in [2.75, 3.05) is 12.0 Å². The van der Waals surface area contributed by atoms with Gasteiger partial charge in [-0.1, -0.05) is 17.7 Å². The largest absolute Gasteiger partial charge is 0.495 e. The highest BCUT2D eigenvalue weighted by molar-refractivity contribution is 7.80. The number of hydrogen-bond donors (Lipinski definition) is 1. The fourth-order valence-electron chi connectivity index (χ4n) is 4.72. The number of nitrogens with zero attached hydrogens (tertiary/aromatic N) is 4. The molecule has 1 fully saturated rings. The van der Waals surface area contributed by atoms with Gasteiger partial charge in [-0.05, 0) is 80.2 Å². The number of anilines is 1. The molecule has 172 valence electrons. The van der Waals surface area contributed by atoms with Crippen LogP contribution in [0.5, 0.6) is 5.75 Å². The summed E-state index contributed by atoms with van der Waals surface area (Å²) in [5.41, 5.74) is 6.21. The molecule has 1 aliphatic rings. The van der Waals surface area contributed by atoms with Gasteiger partial charge in [0.05, 0.1) is 41.8 Å². The molecule has 0 spiro atoms. The van der Waals surface area contributed by atoms with Crippen LogP contribution in [-0.2, 0) is 0 Å². The second-order valence-electron chi connectivity index (χ2n) is 8.19. The first-order valence-corrected chi connectivity index (χ1v) is 11.7. The SMILES string of the molecule is COc1ccc(N2C(=S)N[C@@H](c3ccccn3)[C@H]2c2cc(C)n(-c3cccnc3)c2C)cc1Cl. The molecule has 1 aromatic carbocycles. The van der Waals surface area contributed by atoms with E-state index in [1.807, 2.05) is 54.9 Å². The van der Waals surface area contributed by atoms with Crippen LogP contribution in [0.25, 0.3) is 5.69 Å². The Kier molecular flexibility index (Phi) is 5.98. The predicted octanol–water partition coefficient (Wildman–Crippen LogP) is 5.72. The third-order valence-corrected chi connectivity index (χ3v) is 6.81. The minimum absolute atomic E-state index is 0.136. The molecule has 0 aliphatic carbocycles. The van der Waals surface area contributed by atoms with E-state index in [9.17, 15) is 0 Å². The van der Waals surface area contributed by atoms with Gasteiger partial charge in [-0.25, -0.2) is 0 Å². The van der Waals surface area contributed by atoms with Gasteiger partial charge in [0.25, 0.3) is 0 Å². The second kappa shape index (κ2) is 9.08. The van der Waals surface area contributed by atoms with Crippen LogP contribution in [0.1, 0.15) is 34.7 Å². The van der Waals surface area contributed by atoms with Crippen molar-refractivity contribution in [3.05, 3.63) is 101 Å². The molecule has 1 saturated heterocycles. The lowest BCUT2D eigenvalue weighted by atomic mass is 9.96. The number of methoxy groups -OCH3 is 1. The zero-order valence-corrected chi connectivity index (χ0v) is 20.6. The lowest BCUT2D eigenvalue weighted by Crippen LogP contribution is -2.29. The van der Waals surface area contributed by atoms with Crippen LogP contribution in [0.2, 0.25) is 5.02 Å². The van der Waals surface area contributed by atoms with Gasteiger partial charge in [-0.2, -0.15) is 0 Å². The Balaban J connectivity index is 1.68. The molecule has 3 aromatic heterocycles. The van der Waals surface area contributed by atoms with E-state index in [2.05, 4.69) is 50.7 Å². The number of benzene rings is 1. The second-order valence-corrected chi connectivity index (χ2v) is 8.98. The predicted molar refractivity (Wildman–Crippen MR) is 139 cm³/mol. The zero-order chi connectivity index (χ0) is 23.8. The Hall–Kier alpha value is -3.42. The van der Waals surface area contributed by atoms with Crippen LogP contribution in [0.4, 0.5) is 5.69 Å². The summed E-state index contributed by atoms with van der Waals surface area (Å²) in [6.07, 6.45) is 5.46. The van der Waals surface area contributed by atoms with Crippen molar-refractivity contribution in [3.8, 4) is 11.4 Å². The first-order valence-electron chi connectivity index (χ1n) is 10.9. The Labute approximate surface area is 209 Å². The number of ether oxygens (including phenoxy) is 1. The van der Waals surface area contributed by atoms with Crippen molar-refractivity contribution in [2.45, 2.75) is 25.9 Å². The van der Waals surface area contributed by atoms with Gasteiger partial charge in [0.2, 0.25) is 0 Å². The summed E-state index contributed by atoms with van der Waals surface area (Å²) in [4.78, 5) is 11.1. The van der Waals surface area contributed by atoms with E-state index in [1.165, 1.54) is 0 Å². The Morgan fingerprint density at radius 2 is 1.88 bits per heavy atom. The van der Waals surface area contributed by atoms with Crippen LogP contribution in [0.3, 0.4) is 0 Å². The molecule has 8 heteroatoms. The monoisotopic (exact) mass is 489 g/mol. The molecule has 0 bridgehead atoms. The third kappa shape index (κ3) is 3.81. The van der Waals surface area contributed by atoms with Crippen LogP contribution >= 0.6 is 23.8 Å². The van der Waals surface area contributed by atoms with Crippen LogP contribution in [0.15, 0.2) is 73.2 Å². The van der Waals surface area contributed by atoms with Gasteiger partial charge in [-0.3, -0.25) is 9.97 Å². The highest BCUT2D eigenvalue weighted by Gasteiger charge is 2.42. The minimum atomic E-state index is -0.141. The van der Waals surface area contributed by atoms with Crippen molar-refractivity contribution >= 4 is 34.6 Å². The average molecular weight is 490 g/mol. The standard InChI is InChI=1S/C26H24ClN5OS/c1-16-13-20(17(2)31(16)19-7-6-11-28-15-19)25-24(22-8-4-5-12-29-22)30-26(34)32(25)18-9-10-23(33-3)21(27)14-18/h4-15,24-25H,1-3H3,(H,30,34)/t24-,25+/m0/s1. The number of aryl methyl sites for hydroxylation is 1. The summed E-state index contributed by atoms with van der Waals surface area (Å²) in [5.74, 6) is 0.621. The van der Waals surface area contributed by atoms with E-state index in [0.29, 0.717) is 15.9 Å². The zero-order valence-electron chi connectivity index (χ0n) is 19.1. The summed E-state index contributed by atoms with van der Waals surface area (Å²) >= 11 is 12.4. The van der Waals surface area contributed by atoms with E-state index in [1.54, 1.807) is 13.3 Å². The molecule has 1 aliphatic heterocycles. The first kappa shape index (κ1) is 22.4. The van der Waals surface area contributed by atoms with Gasteiger partial charge < -0.3 is 19.5 Å². The maximum Gasteiger partial charge on any atom is 0.174 e. The quantitative estimate of drug-likeness (QED) is 0.362. The number of pyridine rings is 2. The Morgan fingerprint density at radius 1 is 1.03 bits per heavy atom. The molecule has 0 unspecified atom stereocenters. The Morgan fingerprint density at radius 3 is 2.56 bits per heavy atom. The Bertz CT molecular complexity index is 1340. The van der Waals surface area contributed by atoms with Crippen molar-refractivity contribution in [1.82, 2.24) is 19.9 Å². The van der Waals surface area contributed by atoms with E-state index in [0.717, 1.165) is 34.0 Å². The molecule has 2 atom stereocenters. The van der Waals surface area contributed by atoms with Gasteiger partial charge in [0.15, 0.2) is 5.11 Å². The van der Waals surface area contributed by atoms with Crippen molar-refractivity contribution < 1.29 is 4.74 Å².